The molecule has 0 unspecified atom stereocenters. The van der Waals surface area contributed by atoms with Crippen molar-refractivity contribution in [2.24, 2.45) is 4.99 Å². The molecule has 1 fully saturated rings. The predicted molar refractivity (Wildman–Crippen MR) is 110 cm³/mol. The van der Waals surface area contributed by atoms with Crippen molar-refractivity contribution in [1.82, 2.24) is 4.90 Å². The SMILES string of the molecule is CCN1C(=O)/C(=C\c2cc(Br)cc(Br)c2O)SC1=Nc1ccc(F)cc1. The number of rotatable bonds is 3. The molecule has 2 aromatic rings. The van der Waals surface area contributed by atoms with Gasteiger partial charge in [0.25, 0.3) is 5.91 Å². The summed E-state index contributed by atoms with van der Waals surface area (Å²) in [5, 5.41) is 10.7. The lowest BCUT2D eigenvalue weighted by Crippen LogP contribution is -2.28. The average Bonchev–Trinajstić information content (AvgIpc) is 2.89. The number of hydrogen-bond donors (Lipinski definition) is 1. The number of amides is 1. The number of phenolic OH excluding ortho intramolecular Hbond substituents is 1. The van der Waals surface area contributed by atoms with Crippen LogP contribution in [0.3, 0.4) is 0 Å². The van der Waals surface area contributed by atoms with Crippen molar-refractivity contribution < 1.29 is 14.3 Å². The summed E-state index contributed by atoms with van der Waals surface area (Å²) >= 11 is 7.87. The Balaban J connectivity index is 1.98. The van der Waals surface area contributed by atoms with Crippen LogP contribution in [0.1, 0.15) is 12.5 Å². The van der Waals surface area contributed by atoms with E-state index in [1.165, 1.54) is 23.9 Å². The van der Waals surface area contributed by atoms with Gasteiger partial charge in [0.1, 0.15) is 11.6 Å². The van der Waals surface area contributed by atoms with Crippen LogP contribution in [0, 0.1) is 5.82 Å². The van der Waals surface area contributed by atoms with Crippen LogP contribution in [0.5, 0.6) is 5.75 Å². The van der Waals surface area contributed by atoms with Crippen LogP contribution in [0.15, 0.2) is 55.2 Å². The lowest BCUT2D eigenvalue weighted by Gasteiger charge is -2.12. The van der Waals surface area contributed by atoms with Gasteiger partial charge in [-0.05, 0) is 77.1 Å². The predicted octanol–water partition coefficient (Wildman–Crippen LogP) is 5.68. The van der Waals surface area contributed by atoms with E-state index in [2.05, 4.69) is 36.9 Å². The fourth-order valence-electron chi connectivity index (χ4n) is 2.33. The first kappa shape index (κ1) is 19.1. The van der Waals surface area contributed by atoms with Crippen LogP contribution in [0.25, 0.3) is 6.08 Å². The van der Waals surface area contributed by atoms with Crippen LogP contribution in [0.4, 0.5) is 10.1 Å². The number of thioether (sulfide) groups is 1. The molecular weight excluding hydrogens is 487 g/mol. The van der Waals surface area contributed by atoms with Crippen LogP contribution >= 0.6 is 43.6 Å². The summed E-state index contributed by atoms with van der Waals surface area (Å²) in [6, 6.07) is 9.21. The first-order chi connectivity index (χ1) is 12.4. The molecule has 1 saturated heterocycles. The highest BCUT2D eigenvalue weighted by Crippen LogP contribution is 2.38. The Labute approximate surface area is 171 Å². The number of amidine groups is 1. The van der Waals surface area contributed by atoms with Crippen molar-refractivity contribution >= 4 is 66.5 Å². The van der Waals surface area contributed by atoms with Gasteiger partial charge in [0.05, 0.1) is 15.1 Å². The maximum atomic E-state index is 13.1. The molecule has 1 amide bonds. The van der Waals surface area contributed by atoms with Crippen molar-refractivity contribution in [2.45, 2.75) is 6.92 Å². The normalized spacial score (nSPS) is 17.5. The van der Waals surface area contributed by atoms with Crippen molar-refractivity contribution in [3.63, 3.8) is 0 Å². The summed E-state index contributed by atoms with van der Waals surface area (Å²) in [6.45, 7) is 2.31. The van der Waals surface area contributed by atoms with Crippen LogP contribution < -0.4 is 0 Å². The smallest absolute Gasteiger partial charge is 0.266 e. The summed E-state index contributed by atoms with van der Waals surface area (Å²) in [4.78, 5) is 19.1. The van der Waals surface area contributed by atoms with E-state index in [-0.39, 0.29) is 17.5 Å². The van der Waals surface area contributed by atoms with E-state index >= 15 is 0 Å². The minimum absolute atomic E-state index is 0.0565. The molecule has 8 heteroatoms. The number of benzene rings is 2. The van der Waals surface area contributed by atoms with E-state index in [1.807, 2.05) is 6.92 Å². The van der Waals surface area contributed by atoms with Crippen molar-refractivity contribution in [3.8, 4) is 5.75 Å². The Hall–Kier alpha value is -1.64. The van der Waals surface area contributed by atoms with Gasteiger partial charge in [-0.15, -0.1) is 0 Å². The zero-order valence-electron chi connectivity index (χ0n) is 13.5. The Bertz CT molecular complexity index is 930. The van der Waals surface area contributed by atoms with E-state index < -0.39 is 0 Å². The molecule has 26 heavy (non-hydrogen) atoms. The Morgan fingerprint density at radius 3 is 2.62 bits per heavy atom. The number of phenols is 1. The largest absolute Gasteiger partial charge is 0.506 e. The third kappa shape index (κ3) is 4.02. The summed E-state index contributed by atoms with van der Waals surface area (Å²) in [6.07, 6.45) is 1.63. The van der Waals surface area contributed by atoms with Gasteiger partial charge >= 0.3 is 0 Å². The number of nitrogens with zero attached hydrogens (tertiary/aromatic N) is 2. The summed E-state index contributed by atoms with van der Waals surface area (Å²) in [5.74, 6) is -0.470. The minimum atomic E-state index is -0.340. The molecule has 0 bridgehead atoms. The third-order valence-corrected chi connectivity index (χ3v) is 5.67. The lowest BCUT2D eigenvalue weighted by atomic mass is 10.2. The summed E-state index contributed by atoms with van der Waals surface area (Å²) in [5.41, 5.74) is 1.08. The monoisotopic (exact) mass is 498 g/mol. The number of hydrogen-bond acceptors (Lipinski definition) is 4. The number of aromatic hydroxyl groups is 1. The molecule has 3 rings (SSSR count). The molecule has 2 aromatic carbocycles. The van der Waals surface area contributed by atoms with Crippen LogP contribution in [-0.4, -0.2) is 27.6 Å². The molecule has 0 aliphatic carbocycles. The second-order valence-electron chi connectivity index (χ2n) is 5.36. The van der Waals surface area contributed by atoms with Gasteiger partial charge in [0, 0.05) is 16.6 Å². The van der Waals surface area contributed by atoms with E-state index in [4.69, 9.17) is 0 Å². The molecule has 0 spiro atoms. The fourth-order valence-corrected chi connectivity index (χ4v) is 4.65. The van der Waals surface area contributed by atoms with E-state index in [0.717, 1.165) is 4.47 Å². The number of likely N-dealkylation sites (N-methyl/N-ethyl adjacent to an activating group) is 1. The van der Waals surface area contributed by atoms with Crippen LogP contribution in [0.2, 0.25) is 0 Å². The van der Waals surface area contributed by atoms with E-state index in [1.54, 1.807) is 35.2 Å². The van der Waals surface area contributed by atoms with E-state index in [0.29, 0.717) is 32.3 Å². The standard InChI is InChI=1S/C18H13Br2FN2O2S/c1-2-23-17(25)15(8-10-7-11(19)9-14(20)16(10)24)26-18(23)22-13-5-3-12(21)4-6-13/h3-9,24H,2H2,1H3/b15-8+,22-18?. The molecule has 0 atom stereocenters. The summed E-state index contributed by atoms with van der Waals surface area (Å²) < 4.78 is 14.4. The molecule has 1 aliphatic rings. The molecular formula is C18H13Br2FN2O2S. The van der Waals surface area contributed by atoms with Gasteiger partial charge in [0.2, 0.25) is 0 Å². The highest BCUT2D eigenvalue weighted by molar-refractivity contribution is 9.11. The molecule has 134 valence electrons. The van der Waals surface area contributed by atoms with Gasteiger partial charge in [-0.25, -0.2) is 9.38 Å². The van der Waals surface area contributed by atoms with Gasteiger partial charge < -0.3 is 5.11 Å². The van der Waals surface area contributed by atoms with Gasteiger partial charge in [-0.3, -0.25) is 9.69 Å². The molecule has 1 N–H and O–H groups in total. The maximum Gasteiger partial charge on any atom is 0.266 e. The maximum absolute atomic E-state index is 13.1. The zero-order chi connectivity index (χ0) is 18.8. The minimum Gasteiger partial charge on any atom is -0.506 e. The molecule has 1 aliphatic heterocycles. The highest BCUT2D eigenvalue weighted by atomic mass is 79.9. The number of carbonyl (C=O) groups excluding carboxylic acids is 1. The molecule has 0 saturated carbocycles. The molecule has 1 heterocycles. The third-order valence-electron chi connectivity index (χ3n) is 3.60. The summed E-state index contributed by atoms with van der Waals surface area (Å²) in [7, 11) is 0. The molecule has 0 aromatic heterocycles. The Morgan fingerprint density at radius 1 is 1.27 bits per heavy atom. The highest BCUT2D eigenvalue weighted by Gasteiger charge is 2.32. The fraction of sp³-hybridized carbons (Fsp3) is 0.111. The Kier molecular flexibility index (Phi) is 5.84. The topological polar surface area (TPSA) is 52.9 Å². The second kappa shape index (κ2) is 7.94. The van der Waals surface area contributed by atoms with Crippen molar-refractivity contribution in [2.75, 3.05) is 6.54 Å². The molecule has 4 nitrogen and oxygen atoms in total. The Morgan fingerprint density at radius 2 is 1.96 bits per heavy atom. The average molecular weight is 500 g/mol. The van der Waals surface area contributed by atoms with E-state index in [9.17, 15) is 14.3 Å². The number of aliphatic imine (C=N–C) groups is 1. The van der Waals surface area contributed by atoms with Gasteiger partial charge in [-0.2, -0.15) is 0 Å². The van der Waals surface area contributed by atoms with Crippen LogP contribution in [-0.2, 0) is 4.79 Å². The number of halogens is 3. The van der Waals surface area contributed by atoms with Gasteiger partial charge in [-0.1, -0.05) is 15.9 Å². The van der Waals surface area contributed by atoms with Gasteiger partial charge in [0.15, 0.2) is 5.17 Å². The lowest BCUT2D eigenvalue weighted by molar-refractivity contribution is -0.122. The quantitative estimate of drug-likeness (QED) is 0.552. The molecule has 0 radical (unpaired) electrons. The first-order valence-electron chi connectivity index (χ1n) is 7.62. The zero-order valence-corrected chi connectivity index (χ0v) is 17.5. The second-order valence-corrected chi connectivity index (χ2v) is 8.14. The van der Waals surface area contributed by atoms with Crippen molar-refractivity contribution in [3.05, 3.63) is 61.6 Å². The first-order valence-corrected chi connectivity index (χ1v) is 10.0. The van der Waals surface area contributed by atoms with Crippen molar-refractivity contribution in [1.29, 1.82) is 0 Å². The number of carbonyl (C=O) groups is 1.